The van der Waals surface area contributed by atoms with Crippen LogP contribution in [0.4, 0.5) is 27.8 Å². The lowest BCUT2D eigenvalue weighted by molar-refractivity contribution is 0.0608. The Balaban J connectivity index is 1.96. The number of aryl methyl sites for hydroxylation is 2. The van der Waals surface area contributed by atoms with Gasteiger partial charge in [-0.05, 0) is 52.8 Å². The van der Waals surface area contributed by atoms with Crippen LogP contribution in [0.25, 0.3) is 0 Å². The Morgan fingerprint density at radius 1 is 0.975 bits per heavy atom. The van der Waals surface area contributed by atoms with Crippen LogP contribution < -0.4 is 20.3 Å². The molecule has 0 unspecified atom stereocenters. The number of amides is 3. The minimum atomic E-state index is -4.11. The van der Waals surface area contributed by atoms with Crippen LogP contribution in [0.3, 0.4) is 0 Å². The monoisotopic (exact) mass is 569 g/mol. The first-order valence-corrected chi connectivity index (χ1v) is 13.9. The van der Waals surface area contributed by atoms with Crippen molar-refractivity contribution in [3.05, 3.63) is 65.2 Å². The number of carbonyl (C=O) groups excluding carboxylic acids is 3. The van der Waals surface area contributed by atoms with Crippen molar-refractivity contribution in [3.8, 4) is 0 Å². The lowest BCUT2D eigenvalue weighted by Crippen LogP contribution is -2.40. The largest absolute Gasteiger partial charge is 0.443 e. The van der Waals surface area contributed by atoms with Gasteiger partial charge in [0.1, 0.15) is 23.1 Å². The fraction of sp³-hybridized carbons (Fsp3) is 0.308. The fourth-order valence-corrected chi connectivity index (χ4v) is 4.36. The number of nitrogens with zero attached hydrogens (tertiary/aromatic N) is 4. The minimum Gasteiger partial charge on any atom is -0.443 e. The maximum Gasteiger partial charge on any atom is 0.428 e. The van der Waals surface area contributed by atoms with Crippen molar-refractivity contribution < 1.29 is 27.5 Å². The van der Waals surface area contributed by atoms with E-state index in [1.807, 2.05) is 6.92 Å². The van der Waals surface area contributed by atoms with Crippen LogP contribution in [0.15, 0.2) is 42.6 Å². The van der Waals surface area contributed by atoms with Gasteiger partial charge in [0, 0.05) is 36.6 Å². The van der Waals surface area contributed by atoms with E-state index in [-0.39, 0.29) is 22.5 Å². The smallest absolute Gasteiger partial charge is 0.428 e. The van der Waals surface area contributed by atoms with Gasteiger partial charge in [0.15, 0.2) is 0 Å². The summed E-state index contributed by atoms with van der Waals surface area (Å²) >= 11 is 0. The van der Waals surface area contributed by atoms with Crippen molar-refractivity contribution in [3.63, 3.8) is 0 Å². The number of hydrogen-bond donors (Lipinski definition) is 3. The molecule has 14 heteroatoms. The SMILES string of the molecule is CNC(=O)c1cnc(Nc2cc(C)nc(C)n2)cc1NC(=O)c1cccc(N(C(=O)OC(C)(C)C)S(C)(=O)=O)c1. The summed E-state index contributed by atoms with van der Waals surface area (Å²) in [4.78, 5) is 51.3. The van der Waals surface area contributed by atoms with Crippen LogP contribution in [0.2, 0.25) is 0 Å². The second kappa shape index (κ2) is 11.7. The molecule has 0 radical (unpaired) electrons. The highest BCUT2D eigenvalue weighted by atomic mass is 32.2. The van der Waals surface area contributed by atoms with E-state index in [9.17, 15) is 22.8 Å². The Hall–Kier alpha value is -4.59. The van der Waals surface area contributed by atoms with Crippen LogP contribution in [-0.2, 0) is 14.8 Å². The summed E-state index contributed by atoms with van der Waals surface area (Å²) in [6, 6.07) is 8.61. The van der Waals surface area contributed by atoms with Crippen LogP contribution in [0.1, 0.15) is 53.0 Å². The summed E-state index contributed by atoms with van der Waals surface area (Å²) in [5, 5.41) is 8.19. The number of hydrogen-bond acceptors (Lipinski definition) is 10. The molecule has 0 aliphatic carbocycles. The van der Waals surface area contributed by atoms with E-state index in [1.165, 1.54) is 43.6 Å². The summed E-state index contributed by atoms with van der Waals surface area (Å²) in [6.45, 7) is 8.36. The van der Waals surface area contributed by atoms with E-state index in [4.69, 9.17) is 4.74 Å². The van der Waals surface area contributed by atoms with Gasteiger partial charge in [0.25, 0.3) is 11.8 Å². The van der Waals surface area contributed by atoms with Gasteiger partial charge < -0.3 is 20.7 Å². The van der Waals surface area contributed by atoms with Crippen LogP contribution in [0.5, 0.6) is 0 Å². The summed E-state index contributed by atoms with van der Waals surface area (Å²) in [5.74, 6) is 0.147. The molecular formula is C26H31N7O6S. The maximum absolute atomic E-state index is 13.3. The molecule has 0 spiro atoms. The highest BCUT2D eigenvalue weighted by molar-refractivity contribution is 7.92. The molecule has 0 aliphatic rings. The molecule has 0 atom stereocenters. The van der Waals surface area contributed by atoms with E-state index < -0.39 is 33.5 Å². The Kier molecular flexibility index (Phi) is 8.73. The first-order chi connectivity index (χ1) is 18.6. The Morgan fingerprint density at radius 2 is 1.68 bits per heavy atom. The molecule has 212 valence electrons. The van der Waals surface area contributed by atoms with Gasteiger partial charge in [0.05, 0.1) is 23.2 Å². The van der Waals surface area contributed by atoms with Gasteiger partial charge in [0.2, 0.25) is 10.0 Å². The average Bonchev–Trinajstić information content (AvgIpc) is 2.81. The standard InChI is InChI=1S/C26H31N7O6S/c1-15-11-22(30-16(2)29-15)32-21-13-20(19(14-28-21)24(35)27-6)31-23(34)17-9-8-10-18(12-17)33(40(7,37)38)25(36)39-26(3,4)5/h8-14H,1-7H3,(H,27,35)(H2,28,29,30,31,32,34). The fourth-order valence-electron chi connectivity index (χ4n) is 3.56. The van der Waals surface area contributed by atoms with Crippen molar-refractivity contribution >= 4 is 50.9 Å². The maximum atomic E-state index is 13.3. The van der Waals surface area contributed by atoms with Gasteiger partial charge >= 0.3 is 6.09 Å². The van der Waals surface area contributed by atoms with E-state index in [0.717, 1.165) is 11.9 Å². The first kappa shape index (κ1) is 30.0. The average molecular weight is 570 g/mol. The molecule has 13 nitrogen and oxygen atoms in total. The summed E-state index contributed by atoms with van der Waals surface area (Å²) in [6.07, 6.45) is 1.03. The predicted octanol–water partition coefficient (Wildman–Crippen LogP) is 3.55. The van der Waals surface area contributed by atoms with E-state index >= 15 is 0 Å². The zero-order chi connectivity index (χ0) is 29.8. The second-order valence-corrected chi connectivity index (χ2v) is 11.6. The third-order valence-corrected chi connectivity index (χ3v) is 6.10. The van der Waals surface area contributed by atoms with Gasteiger partial charge in [-0.3, -0.25) is 9.59 Å². The van der Waals surface area contributed by atoms with Crippen molar-refractivity contribution in [1.82, 2.24) is 20.3 Å². The van der Waals surface area contributed by atoms with Crippen LogP contribution in [0, 0.1) is 13.8 Å². The summed E-state index contributed by atoms with van der Waals surface area (Å²) < 4.78 is 30.7. The van der Waals surface area contributed by atoms with E-state index in [2.05, 4.69) is 30.9 Å². The van der Waals surface area contributed by atoms with E-state index in [0.29, 0.717) is 21.8 Å². The zero-order valence-corrected chi connectivity index (χ0v) is 24.0. The van der Waals surface area contributed by atoms with Gasteiger partial charge in [-0.25, -0.2) is 28.2 Å². The molecule has 0 fully saturated rings. The molecule has 0 aliphatic heterocycles. The van der Waals surface area contributed by atoms with Crippen molar-refractivity contribution in [2.75, 3.05) is 28.2 Å². The van der Waals surface area contributed by atoms with E-state index in [1.54, 1.807) is 33.8 Å². The molecule has 3 N–H and O–H groups in total. The van der Waals surface area contributed by atoms with Crippen molar-refractivity contribution in [1.29, 1.82) is 0 Å². The number of nitrogens with one attached hydrogen (secondary N) is 3. The molecule has 40 heavy (non-hydrogen) atoms. The van der Waals surface area contributed by atoms with Crippen LogP contribution >= 0.6 is 0 Å². The van der Waals surface area contributed by atoms with Gasteiger partial charge in [-0.15, -0.1) is 0 Å². The molecule has 2 heterocycles. The molecule has 1 aromatic carbocycles. The number of aromatic nitrogens is 3. The number of ether oxygens (including phenoxy) is 1. The number of pyridine rings is 1. The Labute approximate surface area is 232 Å². The van der Waals surface area contributed by atoms with Crippen molar-refractivity contribution in [2.45, 2.75) is 40.2 Å². The number of rotatable bonds is 7. The van der Waals surface area contributed by atoms with Crippen LogP contribution in [-0.4, -0.2) is 60.2 Å². The predicted molar refractivity (Wildman–Crippen MR) is 150 cm³/mol. The molecule has 2 aromatic heterocycles. The lowest BCUT2D eigenvalue weighted by atomic mass is 10.1. The lowest BCUT2D eigenvalue weighted by Gasteiger charge is -2.26. The molecule has 0 bridgehead atoms. The second-order valence-electron chi connectivity index (χ2n) is 9.77. The molecule has 3 rings (SSSR count). The number of carbonyl (C=O) groups is 3. The number of anilines is 4. The molecule has 3 amide bonds. The Morgan fingerprint density at radius 3 is 2.27 bits per heavy atom. The summed E-state index contributed by atoms with van der Waals surface area (Å²) in [5.41, 5.74) is -0.0871. The molecule has 0 saturated carbocycles. The molecule has 0 saturated heterocycles. The Bertz CT molecular complexity index is 1550. The third kappa shape index (κ3) is 7.72. The molecular weight excluding hydrogens is 538 g/mol. The summed E-state index contributed by atoms with van der Waals surface area (Å²) in [7, 11) is -2.67. The molecule has 3 aromatic rings. The highest BCUT2D eigenvalue weighted by Crippen LogP contribution is 2.25. The van der Waals surface area contributed by atoms with Gasteiger partial charge in [-0.2, -0.15) is 4.31 Å². The quantitative estimate of drug-likeness (QED) is 0.382. The normalized spacial score (nSPS) is 11.4. The third-order valence-electron chi connectivity index (χ3n) is 5.08. The highest BCUT2D eigenvalue weighted by Gasteiger charge is 2.31. The van der Waals surface area contributed by atoms with Gasteiger partial charge in [-0.1, -0.05) is 6.07 Å². The zero-order valence-electron chi connectivity index (χ0n) is 23.2. The topological polar surface area (TPSA) is 173 Å². The minimum absolute atomic E-state index is 0.0194. The number of benzene rings is 1. The first-order valence-electron chi connectivity index (χ1n) is 12.0. The van der Waals surface area contributed by atoms with Crippen molar-refractivity contribution in [2.24, 2.45) is 0 Å². The number of sulfonamides is 1.